The first kappa shape index (κ1) is 14.6. The number of rotatable bonds is 7. The Labute approximate surface area is 109 Å². The summed E-state index contributed by atoms with van der Waals surface area (Å²) in [6.45, 7) is 8.30. The average Bonchev–Trinajstić information content (AvgIpc) is 2.30. The summed E-state index contributed by atoms with van der Waals surface area (Å²) in [6.07, 6.45) is 0. The summed E-state index contributed by atoms with van der Waals surface area (Å²) in [4.78, 5) is 1.31. The standard InChI is InChI=1S/C14H23NOS/c1-5-15-12(3)13-6-8-14(9-7-13)17-11(2)10-16-4/h6-9,11-12,15H,5,10H2,1-4H3. The number of benzene rings is 1. The van der Waals surface area contributed by atoms with E-state index in [1.54, 1.807) is 7.11 Å². The van der Waals surface area contributed by atoms with Crippen LogP contribution in [0.25, 0.3) is 0 Å². The van der Waals surface area contributed by atoms with Gasteiger partial charge in [0.05, 0.1) is 6.61 Å². The quantitative estimate of drug-likeness (QED) is 0.752. The van der Waals surface area contributed by atoms with Gasteiger partial charge < -0.3 is 10.1 Å². The van der Waals surface area contributed by atoms with E-state index in [-0.39, 0.29) is 0 Å². The number of nitrogens with one attached hydrogen (secondary N) is 1. The lowest BCUT2D eigenvalue weighted by Crippen LogP contribution is -2.17. The SMILES string of the molecule is CCNC(C)c1ccc(SC(C)COC)cc1. The van der Waals surface area contributed by atoms with Gasteiger partial charge in [-0.05, 0) is 31.2 Å². The Kier molecular flexibility index (Phi) is 6.63. The smallest absolute Gasteiger partial charge is 0.0582 e. The summed E-state index contributed by atoms with van der Waals surface area (Å²) in [7, 11) is 1.75. The Morgan fingerprint density at radius 2 is 1.88 bits per heavy atom. The van der Waals surface area contributed by atoms with Crippen molar-refractivity contribution in [3.63, 3.8) is 0 Å². The zero-order valence-electron chi connectivity index (χ0n) is 11.2. The summed E-state index contributed by atoms with van der Waals surface area (Å²) in [5.41, 5.74) is 1.34. The highest BCUT2D eigenvalue weighted by Gasteiger charge is 2.06. The minimum absolute atomic E-state index is 0.426. The van der Waals surface area contributed by atoms with Crippen molar-refractivity contribution in [2.24, 2.45) is 0 Å². The van der Waals surface area contributed by atoms with E-state index in [1.165, 1.54) is 10.5 Å². The first-order valence-corrected chi connectivity index (χ1v) is 7.04. The van der Waals surface area contributed by atoms with E-state index in [0.29, 0.717) is 11.3 Å². The zero-order chi connectivity index (χ0) is 12.7. The van der Waals surface area contributed by atoms with Gasteiger partial charge in [-0.3, -0.25) is 0 Å². The van der Waals surface area contributed by atoms with Crippen molar-refractivity contribution in [1.29, 1.82) is 0 Å². The van der Waals surface area contributed by atoms with E-state index in [9.17, 15) is 0 Å². The van der Waals surface area contributed by atoms with Crippen molar-refractivity contribution in [2.75, 3.05) is 20.3 Å². The molecule has 2 unspecified atom stereocenters. The number of thioether (sulfide) groups is 1. The Morgan fingerprint density at radius 1 is 1.24 bits per heavy atom. The molecule has 96 valence electrons. The van der Waals surface area contributed by atoms with Gasteiger partial charge in [-0.15, -0.1) is 11.8 Å². The summed E-state index contributed by atoms with van der Waals surface area (Å²) >= 11 is 1.86. The van der Waals surface area contributed by atoms with E-state index in [2.05, 4.69) is 50.4 Å². The Bertz CT molecular complexity index is 313. The second kappa shape index (κ2) is 7.75. The topological polar surface area (TPSA) is 21.3 Å². The molecule has 0 heterocycles. The predicted octanol–water partition coefficient (Wildman–Crippen LogP) is 3.48. The molecule has 0 saturated heterocycles. The second-order valence-electron chi connectivity index (χ2n) is 4.23. The molecule has 3 heteroatoms. The molecule has 0 bridgehead atoms. The molecule has 0 aliphatic heterocycles. The third-order valence-corrected chi connectivity index (χ3v) is 3.71. The highest BCUT2D eigenvalue weighted by atomic mass is 32.2. The lowest BCUT2D eigenvalue weighted by molar-refractivity contribution is 0.203. The molecule has 0 aliphatic rings. The Balaban J connectivity index is 2.55. The van der Waals surface area contributed by atoms with Gasteiger partial charge in [0, 0.05) is 23.3 Å². The normalized spacial score (nSPS) is 14.6. The minimum Gasteiger partial charge on any atom is -0.384 e. The predicted molar refractivity (Wildman–Crippen MR) is 75.7 cm³/mol. The van der Waals surface area contributed by atoms with Gasteiger partial charge in [-0.2, -0.15) is 0 Å². The molecule has 1 aromatic rings. The fraction of sp³-hybridized carbons (Fsp3) is 0.571. The van der Waals surface area contributed by atoms with Crippen molar-refractivity contribution in [1.82, 2.24) is 5.32 Å². The fourth-order valence-corrected chi connectivity index (χ4v) is 2.72. The van der Waals surface area contributed by atoms with E-state index in [0.717, 1.165) is 13.2 Å². The molecule has 0 saturated carbocycles. The molecule has 0 aromatic heterocycles. The molecule has 1 aromatic carbocycles. The van der Waals surface area contributed by atoms with Crippen LogP contribution >= 0.6 is 11.8 Å². The van der Waals surface area contributed by atoms with Gasteiger partial charge in [0.25, 0.3) is 0 Å². The lowest BCUT2D eigenvalue weighted by atomic mass is 10.1. The molecular weight excluding hydrogens is 230 g/mol. The van der Waals surface area contributed by atoms with Crippen molar-refractivity contribution in [3.05, 3.63) is 29.8 Å². The number of ether oxygens (including phenoxy) is 1. The van der Waals surface area contributed by atoms with Gasteiger partial charge in [-0.1, -0.05) is 26.0 Å². The monoisotopic (exact) mass is 253 g/mol. The maximum absolute atomic E-state index is 5.14. The summed E-state index contributed by atoms with van der Waals surface area (Å²) in [6, 6.07) is 9.22. The molecule has 17 heavy (non-hydrogen) atoms. The largest absolute Gasteiger partial charge is 0.384 e. The Hall–Kier alpha value is -0.510. The van der Waals surface area contributed by atoms with Crippen LogP contribution < -0.4 is 5.32 Å². The molecule has 0 aliphatic carbocycles. The van der Waals surface area contributed by atoms with Crippen LogP contribution in [-0.4, -0.2) is 25.5 Å². The van der Waals surface area contributed by atoms with Crippen LogP contribution in [0.5, 0.6) is 0 Å². The molecule has 2 atom stereocenters. The lowest BCUT2D eigenvalue weighted by Gasteiger charge is -2.14. The van der Waals surface area contributed by atoms with E-state index in [4.69, 9.17) is 4.74 Å². The van der Waals surface area contributed by atoms with E-state index in [1.807, 2.05) is 11.8 Å². The third-order valence-electron chi connectivity index (χ3n) is 2.63. The maximum Gasteiger partial charge on any atom is 0.0582 e. The molecule has 1 N–H and O–H groups in total. The highest BCUT2D eigenvalue weighted by Crippen LogP contribution is 2.24. The third kappa shape index (κ3) is 5.11. The van der Waals surface area contributed by atoms with E-state index < -0.39 is 0 Å². The molecular formula is C14H23NOS. The van der Waals surface area contributed by atoms with Crippen molar-refractivity contribution >= 4 is 11.8 Å². The van der Waals surface area contributed by atoms with Crippen LogP contribution in [0.15, 0.2) is 29.2 Å². The van der Waals surface area contributed by atoms with Gasteiger partial charge in [0.2, 0.25) is 0 Å². The summed E-state index contributed by atoms with van der Waals surface area (Å²) < 4.78 is 5.14. The summed E-state index contributed by atoms with van der Waals surface area (Å²) in [5, 5.41) is 3.91. The van der Waals surface area contributed by atoms with Crippen LogP contribution in [0.4, 0.5) is 0 Å². The second-order valence-corrected chi connectivity index (χ2v) is 5.74. The molecule has 0 radical (unpaired) electrons. The highest BCUT2D eigenvalue weighted by molar-refractivity contribution is 8.00. The van der Waals surface area contributed by atoms with Gasteiger partial charge >= 0.3 is 0 Å². The van der Waals surface area contributed by atoms with Crippen molar-refractivity contribution in [2.45, 2.75) is 37.0 Å². The molecule has 2 nitrogen and oxygen atoms in total. The average molecular weight is 253 g/mol. The number of hydrogen-bond donors (Lipinski definition) is 1. The summed E-state index contributed by atoms with van der Waals surface area (Å²) in [5.74, 6) is 0. The first-order chi connectivity index (χ1) is 8.17. The maximum atomic E-state index is 5.14. The van der Waals surface area contributed by atoms with Crippen LogP contribution in [0, 0.1) is 0 Å². The first-order valence-electron chi connectivity index (χ1n) is 6.16. The van der Waals surface area contributed by atoms with E-state index >= 15 is 0 Å². The number of hydrogen-bond acceptors (Lipinski definition) is 3. The molecule has 0 fully saturated rings. The van der Waals surface area contributed by atoms with Crippen LogP contribution in [0.1, 0.15) is 32.4 Å². The van der Waals surface area contributed by atoms with Gasteiger partial charge in [0.1, 0.15) is 0 Å². The van der Waals surface area contributed by atoms with Crippen LogP contribution in [-0.2, 0) is 4.74 Å². The van der Waals surface area contributed by atoms with Crippen molar-refractivity contribution in [3.8, 4) is 0 Å². The zero-order valence-corrected chi connectivity index (χ0v) is 12.0. The van der Waals surface area contributed by atoms with Crippen LogP contribution in [0.3, 0.4) is 0 Å². The van der Waals surface area contributed by atoms with Crippen molar-refractivity contribution < 1.29 is 4.74 Å². The molecule has 1 rings (SSSR count). The Morgan fingerprint density at radius 3 is 2.41 bits per heavy atom. The fourth-order valence-electron chi connectivity index (χ4n) is 1.76. The number of methoxy groups -OCH3 is 1. The molecule has 0 amide bonds. The van der Waals surface area contributed by atoms with Gasteiger partial charge in [-0.25, -0.2) is 0 Å². The molecule has 0 spiro atoms. The minimum atomic E-state index is 0.426. The van der Waals surface area contributed by atoms with Gasteiger partial charge in [0.15, 0.2) is 0 Å². The van der Waals surface area contributed by atoms with Crippen LogP contribution in [0.2, 0.25) is 0 Å².